The average molecular weight is 339 g/mol. The first-order chi connectivity index (χ1) is 10.7. The summed E-state index contributed by atoms with van der Waals surface area (Å²) in [6.07, 6.45) is 3.34. The van der Waals surface area contributed by atoms with Crippen molar-refractivity contribution in [2.75, 3.05) is 26.3 Å². The van der Waals surface area contributed by atoms with Gasteiger partial charge in [0.2, 0.25) is 0 Å². The van der Waals surface area contributed by atoms with Crippen LogP contribution in [0, 0.1) is 6.92 Å². The fourth-order valence-corrected chi connectivity index (χ4v) is 3.57. The van der Waals surface area contributed by atoms with E-state index in [0.29, 0.717) is 17.4 Å². The molecule has 0 aromatic carbocycles. The van der Waals surface area contributed by atoms with Gasteiger partial charge in [0.25, 0.3) is 0 Å². The number of aryl methyl sites for hydroxylation is 1. The van der Waals surface area contributed by atoms with Crippen LogP contribution in [0.4, 0.5) is 0 Å². The maximum absolute atomic E-state index is 5.90. The van der Waals surface area contributed by atoms with Crippen LogP contribution >= 0.6 is 22.9 Å². The molecule has 1 aliphatic heterocycles. The van der Waals surface area contributed by atoms with E-state index in [0.717, 1.165) is 26.2 Å². The summed E-state index contributed by atoms with van der Waals surface area (Å²) in [7, 11) is 0. The van der Waals surface area contributed by atoms with E-state index in [4.69, 9.17) is 21.1 Å². The Kier molecular flexibility index (Phi) is 5.31. The highest BCUT2D eigenvalue weighted by Crippen LogP contribution is 2.20. The number of halogens is 1. The van der Waals surface area contributed by atoms with E-state index in [1.54, 1.807) is 18.5 Å². The molecule has 22 heavy (non-hydrogen) atoms. The van der Waals surface area contributed by atoms with E-state index in [2.05, 4.69) is 28.3 Å². The monoisotopic (exact) mass is 338 g/mol. The molecule has 118 valence electrons. The SMILES string of the molecule is Cc1ccsc1CN1CCOC(COc2cncc(Cl)c2)C1. The van der Waals surface area contributed by atoms with Gasteiger partial charge >= 0.3 is 0 Å². The molecular formula is C16H19ClN2O2S. The molecule has 0 saturated carbocycles. The molecule has 0 aliphatic carbocycles. The number of pyridine rings is 1. The van der Waals surface area contributed by atoms with E-state index < -0.39 is 0 Å². The number of ether oxygens (including phenoxy) is 2. The molecule has 1 saturated heterocycles. The van der Waals surface area contributed by atoms with E-state index in [-0.39, 0.29) is 6.10 Å². The molecule has 0 spiro atoms. The normalized spacial score (nSPS) is 19.3. The van der Waals surface area contributed by atoms with Crippen molar-refractivity contribution >= 4 is 22.9 Å². The number of nitrogens with zero attached hydrogens (tertiary/aromatic N) is 2. The zero-order chi connectivity index (χ0) is 15.4. The van der Waals surface area contributed by atoms with E-state index in [1.807, 2.05) is 11.3 Å². The first-order valence-corrected chi connectivity index (χ1v) is 8.57. The second-order valence-corrected chi connectivity index (χ2v) is 6.84. The number of thiophene rings is 1. The fraction of sp³-hybridized carbons (Fsp3) is 0.438. The van der Waals surface area contributed by atoms with Crippen molar-refractivity contribution in [3.05, 3.63) is 45.4 Å². The van der Waals surface area contributed by atoms with E-state index in [9.17, 15) is 0 Å². The maximum atomic E-state index is 5.90. The van der Waals surface area contributed by atoms with Gasteiger partial charge in [-0.05, 0) is 23.9 Å². The maximum Gasteiger partial charge on any atom is 0.139 e. The quantitative estimate of drug-likeness (QED) is 0.837. The van der Waals surface area contributed by atoms with Gasteiger partial charge in [0.05, 0.1) is 17.8 Å². The highest BCUT2D eigenvalue weighted by Gasteiger charge is 2.22. The topological polar surface area (TPSA) is 34.6 Å². The summed E-state index contributed by atoms with van der Waals surface area (Å²) in [5, 5.41) is 2.73. The number of aromatic nitrogens is 1. The molecule has 3 heterocycles. The van der Waals surface area contributed by atoms with Crippen molar-refractivity contribution in [1.82, 2.24) is 9.88 Å². The largest absolute Gasteiger partial charge is 0.489 e. The number of hydrogen-bond donors (Lipinski definition) is 0. The molecule has 1 atom stereocenters. The summed E-state index contributed by atoms with van der Waals surface area (Å²) in [5.74, 6) is 0.683. The Morgan fingerprint density at radius 3 is 3.18 bits per heavy atom. The molecule has 1 unspecified atom stereocenters. The van der Waals surface area contributed by atoms with Crippen LogP contribution in [0.5, 0.6) is 5.75 Å². The molecule has 2 aromatic rings. The third-order valence-electron chi connectivity index (χ3n) is 3.67. The lowest BCUT2D eigenvalue weighted by Crippen LogP contribution is -2.44. The van der Waals surface area contributed by atoms with Gasteiger partial charge in [-0.1, -0.05) is 11.6 Å². The minimum absolute atomic E-state index is 0.0769. The molecule has 4 nitrogen and oxygen atoms in total. The van der Waals surface area contributed by atoms with Crippen molar-refractivity contribution in [3.8, 4) is 5.75 Å². The van der Waals surface area contributed by atoms with Crippen LogP contribution in [0.3, 0.4) is 0 Å². The van der Waals surface area contributed by atoms with Gasteiger partial charge in [-0.2, -0.15) is 0 Å². The molecule has 3 rings (SSSR count). The molecule has 0 bridgehead atoms. The van der Waals surface area contributed by atoms with Gasteiger partial charge in [0.15, 0.2) is 0 Å². The van der Waals surface area contributed by atoms with Crippen LogP contribution in [0.15, 0.2) is 29.9 Å². The lowest BCUT2D eigenvalue weighted by atomic mass is 10.2. The second kappa shape index (κ2) is 7.42. The Morgan fingerprint density at radius 1 is 1.50 bits per heavy atom. The Labute approximate surface area is 139 Å². The highest BCUT2D eigenvalue weighted by atomic mass is 35.5. The lowest BCUT2D eigenvalue weighted by Gasteiger charge is -2.32. The van der Waals surface area contributed by atoms with Gasteiger partial charge < -0.3 is 9.47 Å². The molecular weight excluding hydrogens is 320 g/mol. The van der Waals surface area contributed by atoms with Crippen molar-refractivity contribution in [2.45, 2.75) is 19.6 Å². The Bertz CT molecular complexity index is 620. The predicted molar refractivity (Wildman–Crippen MR) is 88.8 cm³/mol. The third kappa shape index (κ3) is 4.20. The molecule has 1 aliphatic rings. The number of hydrogen-bond acceptors (Lipinski definition) is 5. The summed E-state index contributed by atoms with van der Waals surface area (Å²) >= 11 is 7.72. The summed E-state index contributed by atoms with van der Waals surface area (Å²) in [5.41, 5.74) is 1.37. The molecule has 2 aromatic heterocycles. The first-order valence-electron chi connectivity index (χ1n) is 7.31. The standard InChI is InChI=1S/C16H19ClN2O2S/c1-12-2-5-22-16(12)10-19-3-4-20-15(9-19)11-21-14-6-13(17)7-18-8-14/h2,5-8,15H,3-4,9-11H2,1H3. The fourth-order valence-electron chi connectivity index (χ4n) is 2.45. The van der Waals surface area contributed by atoms with Gasteiger partial charge in [0, 0.05) is 36.8 Å². The molecule has 6 heteroatoms. The van der Waals surface area contributed by atoms with Gasteiger partial charge in [0.1, 0.15) is 18.5 Å². The average Bonchev–Trinajstić information content (AvgIpc) is 2.91. The zero-order valence-electron chi connectivity index (χ0n) is 12.5. The highest BCUT2D eigenvalue weighted by molar-refractivity contribution is 7.10. The molecule has 0 N–H and O–H groups in total. The van der Waals surface area contributed by atoms with Gasteiger partial charge in [-0.3, -0.25) is 9.88 Å². The lowest BCUT2D eigenvalue weighted by molar-refractivity contribution is -0.0502. The van der Waals surface area contributed by atoms with Crippen molar-refractivity contribution in [1.29, 1.82) is 0 Å². The first kappa shape index (κ1) is 15.7. The van der Waals surface area contributed by atoms with E-state index in [1.165, 1.54) is 10.4 Å². The summed E-state index contributed by atoms with van der Waals surface area (Å²) in [6, 6.07) is 3.94. The van der Waals surface area contributed by atoms with Crippen LogP contribution in [0.2, 0.25) is 5.02 Å². The summed E-state index contributed by atoms with van der Waals surface area (Å²) in [6.45, 7) is 6.26. The molecule has 0 radical (unpaired) electrons. The van der Waals surface area contributed by atoms with Crippen molar-refractivity contribution < 1.29 is 9.47 Å². The minimum Gasteiger partial charge on any atom is -0.489 e. The molecule has 0 amide bonds. The van der Waals surface area contributed by atoms with Crippen LogP contribution in [0.25, 0.3) is 0 Å². The van der Waals surface area contributed by atoms with Gasteiger partial charge in [-0.15, -0.1) is 11.3 Å². The zero-order valence-corrected chi connectivity index (χ0v) is 14.1. The third-order valence-corrected chi connectivity index (χ3v) is 4.89. The Hall–Kier alpha value is -1.14. The van der Waals surface area contributed by atoms with Crippen LogP contribution in [-0.4, -0.2) is 42.3 Å². The Morgan fingerprint density at radius 2 is 2.41 bits per heavy atom. The van der Waals surface area contributed by atoms with Gasteiger partial charge in [-0.25, -0.2) is 0 Å². The summed E-state index contributed by atoms with van der Waals surface area (Å²) in [4.78, 5) is 7.87. The smallest absolute Gasteiger partial charge is 0.139 e. The number of rotatable bonds is 5. The predicted octanol–water partition coefficient (Wildman–Crippen LogP) is 3.38. The number of morpholine rings is 1. The van der Waals surface area contributed by atoms with Crippen LogP contribution < -0.4 is 4.74 Å². The minimum atomic E-state index is 0.0769. The second-order valence-electron chi connectivity index (χ2n) is 5.40. The van der Waals surface area contributed by atoms with Crippen molar-refractivity contribution in [2.24, 2.45) is 0 Å². The summed E-state index contributed by atoms with van der Waals surface area (Å²) < 4.78 is 11.5. The van der Waals surface area contributed by atoms with Crippen LogP contribution in [-0.2, 0) is 11.3 Å². The van der Waals surface area contributed by atoms with E-state index >= 15 is 0 Å². The Balaban J connectivity index is 1.51. The van der Waals surface area contributed by atoms with Crippen LogP contribution in [0.1, 0.15) is 10.4 Å². The molecule has 1 fully saturated rings. The van der Waals surface area contributed by atoms with Crippen molar-refractivity contribution in [3.63, 3.8) is 0 Å².